The van der Waals surface area contributed by atoms with Crippen LogP contribution in [0.15, 0.2) is 59.9 Å². The minimum absolute atomic E-state index is 0.149. The lowest BCUT2D eigenvalue weighted by Crippen LogP contribution is -2.30. The Kier molecular flexibility index (Phi) is 4.08. The molecule has 1 aromatic carbocycles. The minimum Gasteiger partial charge on any atom is -0.315 e. The zero-order valence-corrected chi connectivity index (χ0v) is 14.4. The molecule has 6 nitrogen and oxygen atoms in total. The summed E-state index contributed by atoms with van der Waals surface area (Å²) in [6, 6.07) is 9.88. The number of carbonyl (C=O) groups excluding carboxylic acids is 1. The normalized spacial score (nSPS) is 13.6. The van der Waals surface area contributed by atoms with E-state index in [0.29, 0.717) is 13.0 Å². The monoisotopic (exact) mass is 346 g/mol. The molecule has 0 atom stereocenters. The third-order valence-corrected chi connectivity index (χ3v) is 4.69. The number of benzene rings is 1. The van der Waals surface area contributed by atoms with Crippen molar-refractivity contribution < 1.29 is 4.79 Å². The quantitative estimate of drug-likeness (QED) is 0.729. The average molecular weight is 346 g/mol. The summed E-state index contributed by atoms with van der Waals surface area (Å²) in [5, 5.41) is 0. The van der Waals surface area contributed by atoms with Gasteiger partial charge in [-0.15, -0.1) is 0 Å². The van der Waals surface area contributed by atoms with Crippen LogP contribution in [0.3, 0.4) is 0 Å². The molecular formula is C20H18N4O2. The number of amides is 1. The number of anilines is 1. The third kappa shape index (κ3) is 3.01. The molecule has 0 aliphatic carbocycles. The first-order valence-electron chi connectivity index (χ1n) is 8.47. The largest absolute Gasteiger partial charge is 0.347 e. The third-order valence-electron chi connectivity index (χ3n) is 4.69. The Hall–Kier alpha value is -3.28. The predicted molar refractivity (Wildman–Crippen MR) is 99.0 cm³/mol. The minimum atomic E-state index is -0.278. The van der Waals surface area contributed by atoms with Crippen molar-refractivity contribution in [2.75, 3.05) is 11.9 Å². The van der Waals surface area contributed by atoms with Gasteiger partial charge in [-0.3, -0.25) is 14.3 Å². The molecule has 0 bridgehead atoms. The van der Waals surface area contributed by atoms with Crippen molar-refractivity contribution in [1.82, 2.24) is 14.5 Å². The number of aryl methyl sites for hydroxylation is 1. The Morgan fingerprint density at radius 3 is 2.81 bits per heavy atom. The summed E-state index contributed by atoms with van der Waals surface area (Å²) in [4.78, 5) is 33.4. The van der Waals surface area contributed by atoms with Gasteiger partial charge in [-0.05, 0) is 47.4 Å². The number of hydrogen-bond donors (Lipinski definition) is 0. The number of nitrogens with zero attached hydrogens (tertiary/aromatic N) is 4. The molecule has 26 heavy (non-hydrogen) atoms. The molecule has 4 rings (SSSR count). The van der Waals surface area contributed by atoms with Crippen LogP contribution in [0, 0.1) is 0 Å². The first-order valence-corrected chi connectivity index (χ1v) is 8.47. The molecule has 1 aliphatic rings. The fourth-order valence-electron chi connectivity index (χ4n) is 3.27. The van der Waals surface area contributed by atoms with Crippen LogP contribution in [0.1, 0.15) is 17.5 Å². The van der Waals surface area contributed by atoms with Crippen LogP contribution < -0.4 is 10.6 Å². The van der Waals surface area contributed by atoms with E-state index in [1.165, 1.54) is 11.8 Å². The van der Waals surface area contributed by atoms with E-state index in [-0.39, 0.29) is 11.6 Å². The molecule has 0 saturated carbocycles. The van der Waals surface area contributed by atoms with Crippen molar-refractivity contribution in [3.63, 3.8) is 0 Å². The second-order valence-corrected chi connectivity index (χ2v) is 6.41. The summed E-state index contributed by atoms with van der Waals surface area (Å²) >= 11 is 0. The Bertz CT molecular complexity index is 1040. The van der Waals surface area contributed by atoms with E-state index in [0.717, 1.165) is 28.8 Å². The molecule has 2 aromatic heterocycles. The Morgan fingerprint density at radius 2 is 1.96 bits per heavy atom. The lowest BCUT2D eigenvalue weighted by Gasteiger charge is -2.26. The lowest BCUT2D eigenvalue weighted by atomic mass is 9.96. The average Bonchev–Trinajstić information content (AvgIpc) is 2.67. The highest BCUT2D eigenvalue weighted by Crippen LogP contribution is 2.31. The fourth-order valence-corrected chi connectivity index (χ4v) is 3.27. The summed E-state index contributed by atoms with van der Waals surface area (Å²) < 4.78 is 1.55. The highest BCUT2D eigenvalue weighted by Gasteiger charge is 2.21. The molecule has 0 N–H and O–H groups in total. The zero-order chi connectivity index (χ0) is 18.1. The van der Waals surface area contributed by atoms with Crippen molar-refractivity contribution in [2.45, 2.75) is 19.4 Å². The molecule has 130 valence electrons. The number of pyridine rings is 1. The summed E-state index contributed by atoms with van der Waals surface area (Å²) in [5.41, 5.74) is 4.83. The van der Waals surface area contributed by atoms with Gasteiger partial charge < -0.3 is 4.90 Å². The van der Waals surface area contributed by atoms with Crippen LogP contribution in [-0.2, 0) is 17.8 Å². The molecule has 0 saturated heterocycles. The molecule has 0 fully saturated rings. The van der Waals surface area contributed by atoms with Gasteiger partial charge in [-0.1, -0.05) is 6.07 Å². The number of hydrogen-bond acceptors (Lipinski definition) is 4. The van der Waals surface area contributed by atoms with Gasteiger partial charge >= 0.3 is 5.69 Å². The van der Waals surface area contributed by atoms with E-state index in [4.69, 9.17) is 0 Å². The highest BCUT2D eigenvalue weighted by atomic mass is 16.2. The van der Waals surface area contributed by atoms with E-state index in [2.05, 4.69) is 16.0 Å². The molecular weight excluding hydrogens is 328 g/mol. The van der Waals surface area contributed by atoms with E-state index >= 15 is 0 Å². The number of aromatic nitrogens is 3. The van der Waals surface area contributed by atoms with Gasteiger partial charge in [0.05, 0.1) is 6.54 Å². The Morgan fingerprint density at radius 1 is 1.08 bits per heavy atom. The summed E-state index contributed by atoms with van der Waals surface area (Å²) in [5.74, 6) is 0.149. The van der Waals surface area contributed by atoms with Gasteiger partial charge in [0.1, 0.15) is 0 Å². The van der Waals surface area contributed by atoms with Crippen molar-refractivity contribution in [3.05, 3.63) is 76.7 Å². The lowest BCUT2D eigenvalue weighted by molar-refractivity contribution is -0.118. The topological polar surface area (TPSA) is 68.1 Å². The van der Waals surface area contributed by atoms with Crippen LogP contribution >= 0.6 is 0 Å². The number of carbonyl (C=O) groups is 1. The second kappa shape index (κ2) is 6.55. The van der Waals surface area contributed by atoms with Gasteiger partial charge in [0, 0.05) is 49.5 Å². The van der Waals surface area contributed by atoms with Crippen molar-refractivity contribution in [2.24, 2.45) is 0 Å². The SMILES string of the molecule is CN1C(=O)CCc2cc(-c3cncc(Cn4cccnc4=O)c3)ccc21. The molecule has 0 radical (unpaired) electrons. The highest BCUT2D eigenvalue weighted by molar-refractivity contribution is 5.96. The fraction of sp³-hybridized carbons (Fsp3) is 0.200. The van der Waals surface area contributed by atoms with Crippen LogP contribution in [-0.4, -0.2) is 27.5 Å². The van der Waals surface area contributed by atoms with Gasteiger partial charge in [0.25, 0.3) is 0 Å². The predicted octanol–water partition coefficient (Wildman–Crippen LogP) is 2.26. The van der Waals surface area contributed by atoms with E-state index in [9.17, 15) is 9.59 Å². The van der Waals surface area contributed by atoms with Gasteiger partial charge in [-0.2, -0.15) is 0 Å². The molecule has 1 aliphatic heterocycles. The molecule has 6 heteroatoms. The zero-order valence-electron chi connectivity index (χ0n) is 14.4. The summed E-state index contributed by atoms with van der Waals surface area (Å²) in [6.07, 6.45) is 8.07. The molecule has 0 unspecified atom stereocenters. The van der Waals surface area contributed by atoms with Crippen LogP contribution in [0.25, 0.3) is 11.1 Å². The van der Waals surface area contributed by atoms with E-state index in [1.54, 1.807) is 27.9 Å². The standard InChI is InChI=1S/C20H18N4O2/c1-23-18-5-3-15(10-16(18)4-6-19(23)25)17-9-14(11-21-12-17)13-24-8-2-7-22-20(24)26/h2-3,5,7-12H,4,6,13H2,1H3. The smallest absolute Gasteiger partial charge is 0.315 e. The van der Waals surface area contributed by atoms with Crippen molar-refractivity contribution in [3.8, 4) is 11.1 Å². The van der Waals surface area contributed by atoms with Gasteiger partial charge in [0.2, 0.25) is 5.91 Å². The molecule has 0 spiro atoms. The van der Waals surface area contributed by atoms with Gasteiger partial charge in [-0.25, -0.2) is 9.78 Å². The van der Waals surface area contributed by atoms with Crippen LogP contribution in [0.4, 0.5) is 5.69 Å². The van der Waals surface area contributed by atoms with Crippen LogP contribution in [0.2, 0.25) is 0 Å². The Balaban J connectivity index is 1.66. The maximum Gasteiger partial charge on any atom is 0.347 e. The second-order valence-electron chi connectivity index (χ2n) is 6.41. The van der Waals surface area contributed by atoms with Crippen LogP contribution in [0.5, 0.6) is 0 Å². The maximum atomic E-state index is 11.8. The summed E-state index contributed by atoms with van der Waals surface area (Å²) in [7, 11) is 1.81. The number of rotatable bonds is 3. The van der Waals surface area contributed by atoms with Crippen molar-refractivity contribution >= 4 is 11.6 Å². The molecule has 1 amide bonds. The van der Waals surface area contributed by atoms with E-state index < -0.39 is 0 Å². The first kappa shape index (κ1) is 16.2. The van der Waals surface area contributed by atoms with E-state index in [1.807, 2.05) is 31.4 Å². The maximum absolute atomic E-state index is 11.8. The molecule has 3 heterocycles. The molecule has 3 aromatic rings. The van der Waals surface area contributed by atoms with Crippen molar-refractivity contribution in [1.29, 1.82) is 0 Å². The van der Waals surface area contributed by atoms with Gasteiger partial charge in [0.15, 0.2) is 0 Å². The summed E-state index contributed by atoms with van der Waals surface area (Å²) in [6.45, 7) is 0.426. The number of fused-ring (bicyclic) bond motifs is 1. The first-order chi connectivity index (χ1) is 12.6. The Labute approximate surface area is 150 Å².